The van der Waals surface area contributed by atoms with Crippen molar-refractivity contribution >= 4 is 17.7 Å². The second-order valence-electron chi connectivity index (χ2n) is 6.28. The minimum Gasteiger partial charge on any atom is -0.490 e. The van der Waals surface area contributed by atoms with Crippen LogP contribution in [0.15, 0.2) is 23.4 Å². The number of methoxy groups -OCH3 is 2. The van der Waals surface area contributed by atoms with Crippen LogP contribution in [0.4, 0.5) is 10.5 Å². The molecule has 0 aromatic heterocycles. The van der Waals surface area contributed by atoms with Gasteiger partial charge in [-0.05, 0) is 31.4 Å². The van der Waals surface area contributed by atoms with Gasteiger partial charge in [0.25, 0.3) is 0 Å². The Morgan fingerprint density at radius 3 is 2.55 bits per heavy atom. The number of ether oxygens (including phenoxy) is 3. The van der Waals surface area contributed by atoms with Crippen molar-refractivity contribution in [2.24, 2.45) is 0 Å². The number of rotatable bonds is 9. The molecule has 1 aliphatic rings. The number of hydrogen-bond donors (Lipinski definition) is 2. The van der Waals surface area contributed by atoms with E-state index in [9.17, 15) is 19.7 Å². The highest BCUT2D eigenvalue weighted by atomic mass is 16.6. The van der Waals surface area contributed by atoms with E-state index in [0.29, 0.717) is 17.7 Å². The van der Waals surface area contributed by atoms with Gasteiger partial charge in [-0.25, -0.2) is 9.59 Å². The van der Waals surface area contributed by atoms with Crippen molar-refractivity contribution in [2.75, 3.05) is 20.8 Å². The second kappa shape index (κ2) is 9.76. The molecule has 1 aromatic rings. The number of unbranched alkanes of at least 4 members (excludes halogenated alkanes) is 1. The Hall–Kier alpha value is -3.30. The Morgan fingerprint density at radius 2 is 2.00 bits per heavy atom. The highest BCUT2D eigenvalue weighted by Crippen LogP contribution is 2.41. The summed E-state index contributed by atoms with van der Waals surface area (Å²) in [6.45, 7) is 3.96. The molecule has 29 heavy (non-hydrogen) atoms. The molecule has 1 aromatic carbocycles. The van der Waals surface area contributed by atoms with Crippen LogP contribution in [0.1, 0.15) is 44.7 Å². The van der Waals surface area contributed by atoms with E-state index in [0.717, 1.165) is 12.8 Å². The monoisotopic (exact) mass is 407 g/mol. The van der Waals surface area contributed by atoms with Gasteiger partial charge in [0, 0.05) is 11.8 Å². The number of nitrogens with zero attached hydrogens (tertiary/aromatic N) is 1. The van der Waals surface area contributed by atoms with Crippen molar-refractivity contribution in [3.8, 4) is 11.5 Å². The molecule has 0 spiro atoms. The summed E-state index contributed by atoms with van der Waals surface area (Å²) in [5, 5.41) is 16.9. The molecule has 0 bridgehead atoms. The lowest BCUT2D eigenvalue weighted by molar-refractivity contribution is -0.385. The number of esters is 1. The Labute approximate surface area is 168 Å². The van der Waals surface area contributed by atoms with Crippen molar-refractivity contribution in [1.82, 2.24) is 10.6 Å². The minimum absolute atomic E-state index is 0.0318. The zero-order valence-electron chi connectivity index (χ0n) is 16.9. The maximum absolute atomic E-state index is 12.5. The third-order valence-corrected chi connectivity index (χ3v) is 4.43. The average Bonchev–Trinajstić information content (AvgIpc) is 2.70. The van der Waals surface area contributed by atoms with E-state index in [-0.39, 0.29) is 29.4 Å². The number of hydrogen-bond acceptors (Lipinski definition) is 7. The molecule has 1 aliphatic heterocycles. The summed E-state index contributed by atoms with van der Waals surface area (Å²) < 4.78 is 15.6. The Kier molecular flexibility index (Phi) is 7.40. The van der Waals surface area contributed by atoms with Crippen molar-refractivity contribution in [3.05, 3.63) is 39.1 Å². The molecule has 0 fully saturated rings. The number of carbonyl (C=O) groups excluding carboxylic acids is 2. The van der Waals surface area contributed by atoms with Crippen molar-refractivity contribution in [2.45, 2.75) is 39.2 Å². The van der Waals surface area contributed by atoms with Crippen LogP contribution in [0.3, 0.4) is 0 Å². The van der Waals surface area contributed by atoms with Gasteiger partial charge >= 0.3 is 17.7 Å². The predicted molar refractivity (Wildman–Crippen MR) is 104 cm³/mol. The number of nitrogens with one attached hydrogen (secondary N) is 2. The van der Waals surface area contributed by atoms with E-state index in [1.807, 2.05) is 6.92 Å². The number of benzene rings is 1. The van der Waals surface area contributed by atoms with Crippen LogP contribution < -0.4 is 20.1 Å². The maximum Gasteiger partial charge on any atom is 0.337 e. The molecule has 10 heteroatoms. The van der Waals surface area contributed by atoms with Gasteiger partial charge in [0.05, 0.1) is 37.4 Å². The summed E-state index contributed by atoms with van der Waals surface area (Å²) in [5.41, 5.74) is 0.608. The molecule has 1 unspecified atom stereocenters. The molecule has 10 nitrogen and oxygen atoms in total. The van der Waals surface area contributed by atoms with Crippen LogP contribution in [0.25, 0.3) is 0 Å². The molecular formula is C19H25N3O7. The van der Waals surface area contributed by atoms with Crippen LogP contribution in [0, 0.1) is 10.1 Å². The molecule has 0 saturated heterocycles. The largest absolute Gasteiger partial charge is 0.490 e. The van der Waals surface area contributed by atoms with Crippen LogP contribution in [0.2, 0.25) is 0 Å². The Balaban J connectivity index is 2.69. The normalized spacial score (nSPS) is 16.0. The standard InChI is InChI=1S/C19H25N3O7/c1-5-7-8-12-15(18(23)28-4)16(21-19(24)20-12)11-9-13(22(25)26)17(27-3)14(10-11)29-6-2/h9-10,16H,5-8H2,1-4H3,(H2,20,21,24). The van der Waals surface area contributed by atoms with Crippen LogP contribution in [0.5, 0.6) is 11.5 Å². The smallest absolute Gasteiger partial charge is 0.337 e. The van der Waals surface area contributed by atoms with E-state index in [1.165, 1.54) is 26.4 Å². The predicted octanol–water partition coefficient (Wildman–Crippen LogP) is 2.97. The van der Waals surface area contributed by atoms with Gasteiger partial charge in [0.2, 0.25) is 5.75 Å². The van der Waals surface area contributed by atoms with E-state index in [1.54, 1.807) is 6.92 Å². The molecule has 2 amide bonds. The number of allylic oxidation sites excluding steroid dienone is 1. The van der Waals surface area contributed by atoms with Gasteiger partial charge in [-0.3, -0.25) is 10.1 Å². The van der Waals surface area contributed by atoms with E-state index < -0.39 is 23.0 Å². The first-order valence-corrected chi connectivity index (χ1v) is 9.25. The molecule has 158 valence electrons. The molecule has 2 N–H and O–H groups in total. The lowest BCUT2D eigenvalue weighted by Gasteiger charge is -2.29. The summed E-state index contributed by atoms with van der Waals surface area (Å²) in [6.07, 6.45) is 2.06. The van der Waals surface area contributed by atoms with Gasteiger partial charge in [0.15, 0.2) is 5.75 Å². The molecule has 0 radical (unpaired) electrons. The third-order valence-electron chi connectivity index (χ3n) is 4.43. The Morgan fingerprint density at radius 1 is 1.28 bits per heavy atom. The number of nitro benzene ring substituents is 1. The molecule has 1 atom stereocenters. The number of carbonyl (C=O) groups is 2. The summed E-state index contributed by atoms with van der Waals surface area (Å²) in [5.74, 6) is -0.521. The van der Waals surface area contributed by atoms with Gasteiger partial charge in [-0.1, -0.05) is 13.3 Å². The summed E-state index contributed by atoms with van der Waals surface area (Å²) in [4.78, 5) is 35.7. The fourth-order valence-corrected chi connectivity index (χ4v) is 3.15. The zero-order valence-corrected chi connectivity index (χ0v) is 16.9. The minimum atomic E-state index is -0.938. The second-order valence-corrected chi connectivity index (χ2v) is 6.28. The molecule has 2 rings (SSSR count). The quantitative estimate of drug-likeness (QED) is 0.366. The summed E-state index contributed by atoms with van der Waals surface area (Å²) >= 11 is 0. The Bertz CT molecular complexity index is 835. The number of nitro groups is 1. The average molecular weight is 407 g/mol. The van der Waals surface area contributed by atoms with Gasteiger partial charge < -0.3 is 24.8 Å². The highest BCUT2D eigenvalue weighted by molar-refractivity contribution is 5.95. The van der Waals surface area contributed by atoms with E-state index >= 15 is 0 Å². The summed E-state index contributed by atoms with van der Waals surface area (Å²) in [7, 11) is 2.54. The van der Waals surface area contributed by atoms with E-state index in [4.69, 9.17) is 14.2 Å². The first-order chi connectivity index (χ1) is 13.9. The molecule has 1 heterocycles. The molecular weight excluding hydrogens is 382 g/mol. The lowest BCUT2D eigenvalue weighted by atomic mass is 9.93. The first-order valence-electron chi connectivity index (χ1n) is 9.25. The number of amides is 2. The summed E-state index contributed by atoms with van der Waals surface area (Å²) in [6, 6.07) is 1.33. The van der Waals surface area contributed by atoms with Gasteiger partial charge in [0.1, 0.15) is 0 Å². The maximum atomic E-state index is 12.5. The highest BCUT2D eigenvalue weighted by Gasteiger charge is 2.35. The first kappa shape index (κ1) is 22.0. The zero-order chi connectivity index (χ0) is 21.6. The molecule has 0 saturated carbocycles. The molecule has 0 aliphatic carbocycles. The number of urea groups is 1. The van der Waals surface area contributed by atoms with Crippen LogP contribution >= 0.6 is 0 Å². The fraction of sp³-hybridized carbons (Fsp3) is 0.474. The third kappa shape index (κ3) is 4.76. The van der Waals surface area contributed by atoms with Crippen molar-refractivity contribution in [3.63, 3.8) is 0 Å². The van der Waals surface area contributed by atoms with Crippen LogP contribution in [-0.4, -0.2) is 37.8 Å². The topological polar surface area (TPSA) is 129 Å². The SMILES string of the molecule is CCCCC1=C(C(=O)OC)C(c2cc(OCC)c(OC)c([N+](=O)[O-])c2)NC(=O)N1. The lowest BCUT2D eigenvalue weighted by Crippen LogP contribution is -2.46. The van der Waals surface area contributed by atoms with Gasteiger partial charge in [-0.15, -0.1) is 0 Å². The van der Waals surface area contributed by atoms with Crippen LogP contribution in [-0.2, 0) is 9.53 Å². The van der Waals surface area contributed by atoms with Crippen molar-refractivity contribution < 1.29 is 28.7 Å². The van der Waals surface area contributed by atoms with E-state index in [2.05, 4.69) is 10.6 Å². The van der Waals surface area contributed by atoms with Gasteiger partial charge in [-0.2, -0.15) is 0 Å². The fourth-order valence-electron chi connectivity index (χ4n) is 3.15. The van der Waals surface area contributed by atoms with Crippen molar-refractivity contribution in [1.29, 1.82) is 0 Å².